The zero-order chi connectivity index (χ0) is 61.8. The third kappa shape index (κ3) is 57.6. The zero-order valence-electron chi connectivity index (χ0n) is 53.8. The summed E-state index contributed by atoms with van der Waals surface area (Å²) in [6.07, 6.45) is 33.8. The van der Waals surface area contributed by atoms with E-state index in [1.165, 1.54) is 96.3 Å². The van der Waals surface area contributed by atoms with E-state index in [1.54, 1.807) is 0 Å². The molecule has 83 heavy (non-hydrogen) atoms. The molecule has 3 unspecified atom stereocenters. The van der Waals surface area contributed by atoms with Gasteiger partial charge in [0.1, 0.15) is 19.3 Å². The van der Waals surface area contributed by atoms with Gasteiger partial charge in [-0.15, -0.1) is 0 Å². The highest BCUT2D eigenvalue weighted by Crippen LogP contribution is 2.45. The fraction of sp³-hybridized carbons (Fsp3) is 0.938. The van der Waals surface area contributed by atoms with Crippen molar-refractivity contribution in [2.75, 3.05) is 39.6 Å². The van der Waals surface area contributed by atoms with E-state index in [0.29, 0.717) is 37.5 Å². The maximum absolute atomic E-state index is 13.0. The molecule has 0 spiro atoms. The molecule has 0 aromatic rings. The second-order valence-electron chi connectivity index (χ2n) is 24.8. The van der Waals surface area contributed by atoms with E-state index in [1.807, 2.05) is 0 Å². The first-order valence-corrected chi connectivity index (χ1v) is 36.2. The third-order valence-corrected chi connectivity index (χ3v) is 16.8. The van der Waals surface area contributed by atoms with E-state index in [-0.39, 0.29) is 25.7 Å². The second-order valence-corrected chi connectivity index (χ2v) is 27.7. The number of unbranched alkanes of at least 4 members (excludes halogenated alkanes) is 26. The molecule has 0 radical (unpaired) electrons. The van der Waals surface area contributed by atoms with Gasteiger partial charge < -0.3 is 33.8 Å². The standard InChI is InChI=1S/C64H124O17P2/c1-9-57(8)43-35-27-20-23-31-39-47-64(69)81-60(51-75-62(67)45-37-29-22-19-26-34-42-56(6)7)53-79-83(72,73)77-49-58(65)48-76-82(70,71)78-52-59(50-74-61(66)44-36-28-21-18-25-33-41-55(4)5)80-63(68)46-38-30-17-15-13-11-10-12-14-16-24-32-40-54(2)3/h54-60,65H,9-53H2,1-8H3,(H,70,71)(H,72,73)/t57?,58-,59-,60-/m1/s1. The average molecular weight is 1230 g/mol. The van der Waals surface area contributed by atoms with E-state index < -0.39 is 97.5 Å². The van der Waals surface area contributed by atoms with Crippen molar-refractivity contribution in [3.05, 3.63) is 0 Å². The smallest absolute Gasteiger partial charge is 0.462 e. The van der Waals surface area contributed by atoms with Crippen LogP contribution in [0.5, 0.6) is 0 Å². The Morgan fingerprint density at radius 2 is 0.578 bits per heavy atom. The van der Waals surface area contributed by atoms with Gasteiger partial charge in [-0.2, -0.15) is 0 Å². The summed E-state index contributed by atoms with van der Waals surface area (Å²) in [5, 5.41) is 10.5. The molecule has 0 rings (SSSR count). The number of aliphatic hydroxyl groups is 1. The summed E-state index contributed by atoms with van der Waals surface area (Å²) in [7, 11) is -9.89. The molecular weight excluding hydrogens is 1100 g/mol. The number of ether oxygens (including phenoxy) is 4. The van der Waals surface area contributed by atoms with Crippen molar-refractivity contribution >= 4 is 39.5 Å². The van der Waals surface area contributed by atoms with Crippen LogP contribution >= 0.6 is 15.6 Å². The third-order valence-electron chi connectivity index (χ3n) is 14.9. The predicted molar refractivity (Wildman–Crippen MR) is 331 cm³/mol. The summed E-state index contributed by atoms with van der Waals surface area (Å²) < 4.78 is 67.9. The average Bonchev–Trinajstić information content (AvgIpc) is 3.45. The quantitative estimate of drug-likeness (QED) is 0.0222. The van der Waals surface area contributed by atoms with E-state index in [2.05, 4.69) is 55.4 Å². The van der Waals surface area contributed by atoms with Crippen LogP contribution in [0, 0.1) is 23.7 Å². The van der Waals surface area contributed by atoms with Gasteiger partial charge in [0.15, 0.2) is 12.2 Å². The molecule has 0 aliphatic carbocycles. The van der Waals surface area contributed by atoms with Crippen LogP contribution in [0.1, 0.15) is 306 Å². The fourth-order valence-corrected chi connectivity index (χ4v) is 11.0. The topological polar surface area (TPSA) is 237 Å². The summed E-state index contributed by atoms with van der Waals surface area (Å²) in [5.41, 5.74) is 0. The highest BCUT2D eigenvalue weighted by molar-refractivity contribution is 7.47. The SMILES string of the molecule is CCC(C)CCCCCCCCC(=O)O[C@H](COC(=O)CCCCCCCCC(C)C)COP(=O)(O)OC[C@H](O)COP(=O)(O)OC[C@@H](COC(=O)CCCCCCCCC(C)C)OC(=O)CCCCCCCCCCCCCCC(C)C. The maximum atomic E-state index is 13.0. The van der Waals surface area contributed by atoms with Crippen LogP contribution in [0.2, 0.25) is 0 Å². The lowest BCUT2D eigenvalue weighted by molar-refractivity contribution is -0.161. The number of esters is 4. The van der Waals surface area contributed by atoms with Crippen LogP contribution in [0.15, 0.2) is 0 Å². The molecular formula is C64H124O17P2. The first-order chi connectivity index (χ1) is 39.6. The Morgan fingerprint density at radius 1 is 0.337 bits per heavy atom. The number of phosphoric acid groups is 2. The van der Waals surface area contributed by atoms with Gasteiger partial charge in [-0.25, -0.2) is 9.13 Å². The molecule has 0 heterocycles. The van der Waals surface area contributed by atoms with Crippen molar-refractivity contribution < 1.29 is 80.2 Å². The van der Waals surface area contributed by atoms with Crippen LogP contribution in [0.25, 0.3) is 0 Å². The monoisotopic (exact) mass is 1230 g/mol. The minimum atomic E-state index is -4.95. The number of rotatable bonds is 61. The van der Waals surface area contributed by atoms with Gasteiger partial charge in [0.2, 0.25) is 0 Å². The van der Waals surface area contributed by atoms with Crippen molar-refractivity contribution in [3.63, 3.8) is 0 Å². The number of carbonyl (C=O) groups is 4. The Morgan fingerprint density at radius 3 is 0.855 bits per heavy atom. The fourth-order valence-electron chi connectivity index (χ4n) is 9.40. The first-order valence-electron chi connectivity index (χ1n) is 33.2. The van der Waals surface area contributed by atoms with Gasteiger partial charge in [0.25, 0.3) is 0 Å². The Hall–Kier alpha value is -1.94. The molecule has 0 aromatic heterocycles. The van der Waals surface area contributed by atoms with Crippen molar-refractivity contribution in [1.29, 1.82) is 0 Å². The minimum Gasteiger partial charge on any atom is -0.462 e. The number of carbonyl (C=O) groups excluding carboxylic acids is 4. The molecule has 0 bridgehead atoms. The highest BCUT2D eigenvalue weighted by Gasteiger charge is 2.30. The van der Waals surface area contributed by atoms with Crippen molar-refractivity contribution in [2.45, 2.75) is 324 Å². The molecule has 0 saturated carbocycles. The van der Waals surface area contributed by atoms with Gasteiger partial charge in [0, 0.05) is 25.7 Å². The van der Waals surface area contributed by atoms with Gasteiger partial charge in [-0.05, 0) is 49.4 Å². The van der Waals surface area contributed by atoms with Crippen LogP contribution in [0.4, 0.5) is 0 Å². The summed E-state index contributed by atoms with van der Waals surface area (Å²) in [5.74, 6) is 0.712. The summed E-state index contributed by atoms with van der Waals surface area (Å²) in [6, 6.07) is 0. The molecule has 19 heteroatoms. The largest absolute Gasteiger partial charge is 0.472 e. The molecule has 0 aromatic carbocycles. The molecule has 0 aliphatic rings. The van der Waals surface area contributed by atoms with Crippen molar-refractivity contribution in [2.24, 2.45) is 23.7 Å². The van der Waals surface area contributed by atoms with Gasteiger partial charge in [0.05, 0.1) is 26.4 Å². The lowest BCUT2D eigenvalue weighted by atomic mass is 10.00. The summed E-state index contributed by atoms with van der Waals surface area (Å²) in [4.78, 5) is 72.1. The maximum Gasteiger partial charge on any atom is 0.472 e. The molecule has 17 nitrogen and oxygen atoms in total. The van der Waals surface area contributed by atoms with Gasteiger partial charge in [-0.1, -0.05) is 254 Å². The molecule has 3 N–H and O–H groups in total. The first kappa shape index (κ1) is 81.1. The minimum absolute atomic E-state index is 0.101. The molecule has 6 atom stereocenters. The van der Waals surface area contributed by atoms with Gasteiger partial charge >= 0.3 is 39.5 Å². The molecule has 492 valence electrons. The number of hydrogen-bond donors (Lipinski definition) is 3. The van der Waals surface area contributed by atoms with E-state index >= 15 is 0 Å². The van der Waals surface area contributed by atoms with Crippen LogP contribution in [-0.2, 0) is 65.4 Å². The van der Waals surface area contributed by atoms with Crippen molar-refractivity contribution in [1.82, 2.24) is 0 Å². The molecule has 0 aliphatic heterocycles. The van der Waals surface area contributed by atoms with Crippen molar-refractivity contribution in [3.8, 4) is 0 Å². The van der Waals surface area contributed by atoms with Gasteiger partial charge in [-0.3, -0.25) is 37.3 Å². The van der Waals surface area contributed by atoms with Crippen LogP contribution < -0.4 is 0 Å². The Labute approximate surface area is 505 Å². The highest BCUT2D eigenvalue weighted by atomic mass is 31.2. The molecule has 0 fully saturated rings. The van der Waals surface area contributed by atoms with Crippen LogP contribution in [-0.4, -0.2) is 96.7 Å². The Bertz CT molecular complexity index is 1660. The lowest BCUT2D eigenvalue weighted by Gasteiger charge is -2.21. The van der Waals surface area contributed by atoms with E-state index in [4.69, 9.17) is 37.0 Å². The number of hydrogen-bond acceptors (Lipinski definition) is 15. The second kappa shape index (κ2) is 54.2. The van der Waals surface area contributed by atoms with E-state index in [0.717, 1.165) is 115 Å². The summed E-state index contributed by atoms with van der Waals surface area (Å²) in [6.45, 7) is 13.9. The Balaban J connectivity index is 5.23. The number of aliphatic hydroxyl groups excluding tert-OH is 1. The number of phosphoric ester groups is 2. The normalized spacial score (nSPS) is 14.8. The van der Waals surface area contributed by atoms with Crippen LogP contribution in [0.3, 0.4) is 0 Å². The predicted octanol–water partition coefficient (Wildman–Crippen LogP) is 17.4. The molecule has 0 saturated heterocycles. The van der Waals surface area contributed by atoms with E-state index in [9.17, 15) is 43.2 Å². The zero-order valence-corrected chi connectivity index (χ0v) is 55.6. The lowest BCUT2D eigenvalue weighted by Crippen LogP contribution is -2.30. The molecule has 0 amide bonds. The Kier molecular flexibility index (Phi) is 53.0. The summed E-state index contributed by atoms with van der Waals surface area (Å²) >= 11 is 0.